The number of rotatable bonds is 4. The van der Waals surface area contributed by atoms with Crippen LogP contribution in [0.25, 0.3) is 5.69 Å². The molecule has 3 rings (SSSR count). The van der Waals surface area contributed by atoms with Gasteiger partial charge >= 0.3 is 5.97 Å². The Labute approximate surface area is 109 Å². The largest absolute Gasteiger partial charge is 0.497 e. The van der Waals surface area contributed by atoms with Gasteiger partial charge in [-0.2, -0.15) is 0 Å². The van der Waals surface area contributed by atoms with E-state index in [-0.39, 0.29) is 5.82 Å². The highest BCUT2D eigenvalue weighted by Crippen LogP contribution is 2.39. The highest BCUT2D eigenvalue weighted by atomic mass is 16.5. The molecule has 0 unspecified atom stereocenters. The number of methoxy groups -OCH3 is 1. The Kier molecular flexibility index (Phi) is 2.70. The van der Waals surface area contributed by atoms with Gasteiger partial charge in [0.15, 0.2) is 0 Å². The molecule has 0 amide bonds. The van der Waals surface area contributed by atoms with Gasteiger partial charge in [-0.3, -0.25) is 0 Å². The van der Waals surface area contributed by atoms with Gasteiger partial charge < -0.3 is 9.84 Å². The number of ether oxygens (including phenoxy) is 1. The van der Waals surface area contributed by atoms with Gasteiger partial charge in [0.2, 0.25) is 0 Å². The summed E-state index contributed by atoms with van der Waals surface area (Å²) in [6, 6.07) is 7.34. The molecule has 0 saturated heterocycles. The zero-order valence-electron chi connectivity index (χ0n) is 10.4. The fourth-order valence-electron chi connectivity index (χ4n) is 1.95. The van der Waals surface area contributed by atoms with E-state index in [1.54, 1.807) is 11.8 Å². The lowest BCUT2D eigenvalue weighted by molar-refractivity contribution is 0.0683. The summed E-state index contributed by atoms with van der Waals surface area (Å²) in [5.41, 5.74) is 0.765. The summed E-state index contributed by atoms with van der Waals surface area (Å²) in [4.78, 5) is 15.1. The second kappa shape index (κ2) is 4.38. The van der Waals surface area contributed by atoms with Crippen molar-refractivity contribution in [2.45, 2.75) is 18.8 Å². The Balaban J connectivity index is 2.09. The van der Waals surface area contributed by atoms with Crippen molar-refractivity contribution in [2.24, 2.45) is 0 Å². The van der Waals surface area contributed by atoms with Crippen LogP contribution in [0, 0.1) is 0 Å². The van der Waals surface area contributed by atoms with E-state index in [0.29, 0.717) is 17.5 Å². The van der Waals surface area contributed by atoms with Crippen molar-refractivity contribution in [1.29, 1.82) is 0 Å². The molecule has 2 aromatic rings. The summed E-state index contributed by atoms with van der Waals surface area (Å²) >= 11 is 0. The smallest absolute Gasteiger partial charge is 0.375 e. The molecule has 0 radical (unpaired) electrons. The SMILES string of the molecule is COc1cccc(-n2nc(C(=O)O)nc2C2CC2)c1. The molecule has 0 aliphatic heterocycles. The van der Waals surface area contributed by atoms with Crippen molar-refractivity contribution in [3.63, 3.8) is 0 Å². The zero-order valence-corrected chi connectivity index (χ0v) is 10.4. The van der Waals surface area contributed by atoms with Crippen LogP contribution in [-0.4, -0.2) is 33.0 Å². The van der Waals surface area contributed by atoms with Gasteiger partial charge in [-0.15, -0.1) is 5.10 Å². The molecule has 19 heavy (non-hydrogen) atoms. The molecule has 1 aromatic carbocycles. The zero-order chi connectivity index (χ0) is 13.4. The number of nitrogens with zero attached hydrogens (tertiary/aromatic N) is 3. The van der Waals surface area contributed by atoms with Crippen LogP contribution in [0.5, 0.6) is 5.75 Å². The van der Waals surface area contributed by atoms with E-state index in [1.165, 1.54) is 0 Å². The number of aromatic nitrogens is 3. The molecule has 1 fully saturated rings. The van der Waals surface area contributed by atoms with Crippen LogP contribution < -0.4 is 4.74 Å². The predicted molar refractivity (Wildman–Crippen MR) is 66.8 cm³/mol. The Bertz CT molecular complexity index is 632. The summed E-state index contributed by atoms with van der Waals surface area (Å²) in [6.45, 7) is 0. The molecule has 1 aromatic heterocycles. The molecule has 1 saturated carbocycles. The average Bonchev–Trinajstić information content (AvgIpc) is 3.17. The molecular weight excluding hydrogens is 246 g/mol. The lowest BCUT2D eigenvalue weighted by atomic mass is 10.3. The van der Waals surface area contributed by atoms with Gasteiger partial charge in [-0.05, 0) is 25.0 Å². The number of hydrogen-bond acceptors (Lipinski definition) is 4. The van der Waals surface area contributed by atoms with Gasteiger partial charge in [0, 0.05) is 12.0 Å². The van der Waals surface area contributed by atoms with Crippen molar-refractivity contribution >= 4 is 5.97 Å². The van der Waals surface area contributed by atoms with Crippen LogP contribution in [0.2, 0.25) is 0 Å². The Morgan fingerprint density at radius 2 is 2.26 bits per heavy atom. The third kappa shape index (κ3) is 2.16. The fourth-order valence-corrected chi connectivity index (χ4v) is 1.95. The van der Waals surface area contributed by atoms with Crippen LogP contribution in [0.4, 0.5) is 0 Å². The maximum atomic E-state index is 11.0. The molecule has 6 nitrogen and oxygen atoms in total. The van der Waals surface area contributed by atoms with Crippen molar-refractivity contribution < 1.29 is 14.6 Å². The molecule has 98 valence electrons. The molecule has 0 atom stereocenters. The molecule has 1 N–H and O–H groups in total. The first-order valence-electron chi connectivity index (χ1n) is 6.03. The van der Waals surface area contributed by atoms with Gasteiger partial charge in [-0.25, -0.2) is 14.5 Å². The summed E-state index contributed by atoms with van der Waals surface area (Å²) in [7, 11) is 1.59. The third-order valence-corrected chi connectivity index (χ3v) is 3.06. The van der Waals surface area contributed by atoms with Crippen LogP contribution in [0.3, 0.4) is 0 Å². The molecule has 6 heteroatoms. The van der Waals surface area contributed by atoms with E-state index < -0.39 is 5.97 Å². The van der Waals surface area contributed by atoms with Gasteiger partial charge in [0.25, 0.3) is 5.82 Å². The maximum absolute atomic E-state index is 11.0. The third-order valence-electron chi connectivity index (χ3n) is 3.06. The lowest BCUT2D eigenvalue weighted by Crippen LogP contribution is -2.03. The lowest BCUT2D eigenvalue weighted by Gasteiger charge is -2.06. The normalized spacial score (nSPS) is 14.4. The van der Waals surface area contributed by atoms with Gasteiger partial charge in [-0.1, -0.05) is 6.07 Å². The first kappa shape index (κ1) is 11.7. The number of carbonyl (C=O) groups is 1. The number of benzene rings is 1. The van der Waals surface area contributed by atoms with E-state index in [0.717, 1.165) is 18.5 Å². The Morgan fingerprint density at radius 3 is 2.89 bits per heavy atom. The number of carboxylic acid groups (broad SMARTS) is 1. The Hall–Kier alpha value is -2.37. The highest BCUT2D eigenvalue weighted by Gasteiger charge is 2.31. The van der Waals surface area contributed by atoms with E-state index in [1.807, 2.05) is 24.3 Å². The minimum Gasteiger partial charge on any atom is -0.497 e. The topological polar surface area (TPSA) is 77.2 Å². The van der Waals surface area contributed by atoms with Crippen LogP contribution in [0.15, 0.2) is 24.3 Å². The van der Waals surface area contributed by atoms with Crippen LogP contribution in [0.1, 0.15) is 35.2 Å². The number of aromatic carboxylic acids is 1. The van der Waals surface area contributed by atoms with Crippen LogP contribution in [-0.2, 0) is 0 Å². The standard InChI is InChI=1S/C13H13N3O3/c1-19-10-4-2-3-9(7-10)16-12(8-5-6-8)14-11(15-16)13(17)18/h2-4,7-8H,5-6H2,1H3,(H,17,18). The summed E-state index contributed by atoms with van der Waals surface area (Å²) in [6.07, 6.45) is 2.06. The second-order valence-electron chi connectivity index (χ2n) is 4.49. The first-order valence-corrected chi connectivity index (χ1v) is 6.03. The molecule has 1 aliphatic carbocycles. The minimum absolute atomic E-state index is 0.162. The summed E-state index contributed by atoms with van der Waals surface area (Å²) < 4.78 is 6.77. The molecule has 0 spiro atoms. The second-order valence-corrected chi connectivity index (χ2v) is 4.49. The van der Waals surface area contributed by atoms with E-state index >= 15 is 0 Å². The number of hydrogen-bond donors (Lipinski definition) is 1. The van der Waals surface area contributed by atoms with Crippen molar-refractivity contribution in [2.75, 3.05) is 7.11 Å². The van der Waals surface area contributed by atoms with Gasteiger partial charge in [0.1, 0.15) is 11.6 Å². The molecule has 1 heterocycles. The summed E-state index contributed by atoms with van der Waals surface area (Å²) in [5.74, 6) is 0.456. The van der Waals surface area contributed by atoms with Crippen molar-refractivity contribution in [1.82, 2.24) is 14.8 Å². The van der Waals surface area contributed by atoms with Gasteiger partial charge in [0.05, 0.1) is 12.8 Å². The molecular formula is C13H13N3O3. The maximum Gasteiger partial charge on any atom is 0.375 e. The molecule has 1 aliphatic rings. The van der Waals surface area contributed by atoms with Crippen molar-refractivity contribution in [3.8, 4) is 11.4 Å². The van der Waals surface area contributed by atoms with Crippen LogP contribution >= 0.6 is 0 Å². The quantitative estimate of drug-likeness (QED) is 0.906. The summed E-state index contributed by atoms with van der Waals surface area (Å²) in [5, 5.41) is 13.1. The fraction of sp³-hybridized carbons (Fsp3) is 0.308. The predicted octanol–water partition coefficient (Wildman–Crippen LogP) is 1.85. The average molecular weight is 259 g/mol. The van der Waals surface area contributed by atoms with Crippen molar-refractivity contribution in [3.05, 3.63) is 35.9 Å². The number of carboxylic acids is 1. The van der Waals surface area contributed by atoms with E-state index in [9.17, 15) is 4.79 Å². The monoisotopic (exact) mass is 259 g/mol. The first-order chi connectivity index (χ1) is 9.19. The van der Waals surface area contributed by atoms with E-state index in [2.05, 4.69) is 10.1 Å². The Morgan fingerprint density at radius 1 is 1.47 bits per heavy atom. The molecule has 0 bridgehead atoms. The minimum atomic E-state index is -1.11. The van der Waals surface area contributed by atoms with E-state index in [4.69, 9.17) is 9.84 Å². The highest BCUT2D eigenvalue weighted by molar-refractivity contribution is 5.83.